The Balaban J connectivity index is 1.96. The molecule has 1 unspecified atom stereocenters. The van der Waals surface area contributed by atoms with Crippen molar-refractivity contribution in [1.29, 1.82) is 0 Å². The molecule has 1 aromatic carbocycles. The zero-order valence-corrected chi connectivity index (χ0v) is 17.7. The van der Waals surface area contributed by atoms with E-state index in [4.69, 9.17) is 9.84 Å². The molecule has 162 valence electrons. The van der Waals surface area contributed by atoms with Crippen LogP contribution in [0.3, 0.4) is 0 Å². The minimum atomic E-state index is -1.38. The van der Waals surface area contributed by atoms with Crippen molar-refractivity contribution in [2.45, 2.75) is 12.5 Å². The van der Waals surface area contributed by atoms with Crippen molar-refractivity contribution in [3.05, 3.63) is 48.7 Å². The van der Waals surface area contributed by atoms with Crippen molar-refractivity contribution < 1.29 is 29.0 Å². The van der Waals surface area contributed by atoms with Crippen molar-refractivity contribution in [1.82, 2.24) is 10.2 Å². The van der Waals surface area contributed by atoms with Gasteiger partial charge in [0.1, 0.15) is 10.8 Å². The topological polar surface area (TPSA) is 116 Å². The summed E-state index contributed by atoms with van der Waals surface area (Å²) in [7, 11) is 3.06. The first-order chi connectivity index (χ1) is 14.8. The van der Waals surface area contributed by atoms with Crippen LogP contribution in [0.25, 0.3) is 10.4 Å². The third-order valence-electron chi connectivity index (χ3n) is 4.59. The fourth-order valence-electron chi connectivity index (χ4n) is 3.00. The number of carbonyl (C=O) groups is 4. The lowest BCUT2D eigenvalue weighted by molar-refractivity contribution is -0.137. The summed E-state index contributed by atoms with van der Waals surface area (Å²) in [5.41, 5.74) is 0.847. The molecule has 0 aliphatic carbocycles. The number of hydrogen-bond acceptors (Lipinski definition) is 6. The number of carboxylic acids is 1. The van der Waals surface area contributed by atoms with E-state index in [1.54, 1.807) is 19.2 Å². The molecule has 9 nitrogen and oxygen atoms in total. The van der Waals surface area contributed by atoms with Crippen LogP contribution >= 0.6 is 11.3 Å². The quantitative estimate of drug-likeness (QED) is 0.635. The summed E-state index contributed by atoms with van der Waals surface area (Å²) in [6.07, 6.45) is 2.30. The van der Waals surface area contributed by atoms with Gasteiger partial charge >= 0.3 is 12.0 Å². The smallest absolute Gasteiger partial charge is 0.323 e. The molecule has 31 heavy (non-hydrogen) atoms. The van der Waals surface area contributed by atoms with Gasteiger partial charge < -0.3 is 20.1 Å². The first-order valence-corrected chi connectivity index (χ1v) is 10.2. The molecule has 10 heteroatoms. The minimum Gasteiger partial charge on any atom is -0.497 e. The highest BCUT2D eigenvalue weighted by molar-refractivity contribution is 7.19. The van der Waals surface area contributed by atoms with Gasteiger partial charge in [-0.15, -0.1) is 11.3 Å². The molecule has 1 atom stereocenters. The molecule has 1 aliphatic rings. The van der Waals surface area contributed by atoms with Crippen molar-refractivity contribution in [3.63, 3.8) is 0 Å². The number of nitrogens with one attached hydrogen (secondary N) is 1. The lowest BCUT2D eigenvalue weighted by atomic mass is 10.1. The molecule has 0 saturated heterocycles. The molecule has 0 fully saturated rings. The van der Waals surface area contributed by atoms with Crippen LogP contribution in [0.4, 0.5) is 9.80 Å². The highest BCUT2D eigenvalue weighted by Gasteiger charge is 2.40. The third-order valence-corrected chi connectivity index (χ3v) is 5.72. The highest BCUT2D eigenvalue weighted by Crippen LogP contribution is 2.36. The van der Waals surface area contributed by atoms with Gasteiger partial charge in [0, 0.05) is 30.7 Å². The van der Waals surface area contributed by atoms with Crippen LogP contribution in [0.5, 0.6) is 5.75 Å². The second-order valence-corrected chi connectivity index (χ2v) is 7.75. The van der Waals surface area contributed by atoms with E-state index in [2.05, 4.69) is 5.32 Å². The van der Waals surface area contributed by atoms with Crippen LogP contribution in [0.2, 0.25) is 0 Å². The molecule has 2 heterocycles. The number of carboxylic acid groups (broad SMARTS) is 1. The number of carbonyl (C=O) groups excluding carboxylic acids is 3. The average Bonchev–Trinajstić information content (AvgIpc) is 3.23. The Morgan fingerprint density at radius 3 is 2.74 bits per heavy atom. The van der Waals surface area contributed by atoms with E-state index < -0.39 is 29.7 Å². The molecule has 3 rings (SSSR count). The molecule has 1 aromatic heterocycles. The number of hydrogen-bond donors (Lipinski definition) is 2. The van der Waals surface area contributed by atoms with E-state index in [-0.39, 0.29) is 13.0 Å². The van der Waals surface area contributed by atoms with Crippen molar-refractivity contribution in [3.8, 4) is 16.2 Å². The van der Waals surface area contributed by atoms with Crippen molar-refractivity contribution in [2.75, 3.05) is 25.6 Å². The van der Waals surface area contributed by atoms with Gasteiger partial charge in [-0.25, -0.2) is 4.79 Å². The fraction of sp³-hybridized carbons (Fsp3) is 0.238. The first-order valence-electron chi connectivity index (χ1n) is 9.33. The van der Waals surface area contributed by atoms with Crippen LogP contribution in [-0.2, 0) is 14.4 Å². The first kappa shape index (κ1) is 22.0. The van der Waals surface area contributed by atoms with E-state index in [9.17, 15) is 19.2 Å². The largest absolute Gasteiger partial charge is 0.497 e. The number of aliphatic carboxylic acids is 1. The van der Waals surface area contributed by atoms with Gasteiger partial charge in [0.05, 0.1) is 13.5 Å². The number of urea groups is 1. The lowest BCUT2D eigenvalue weighted by Crippen LogP contribution is -2.57. The van der Waals surface area contributed by atoms with Gasteiger partial charge in [0.2, 0.25) is 0 Å². The Labute approximate surface area is 182 Å². The van der Waals surface area contributed by atoms with E-state index in [1.165, 1.54) is 35.6 Å². The number of methoxy groups -OCH3 is 1. The Hall–Kier alpha value is -3.66. The lowest BCUT2D eigenvalue weighted by Gasteiger charge is -2.32. The van der Waals surface area contributed by atoms with Gasteiger partial charge in [-0.05, 0) is 29.8 Å². The van der Waals surface area contributed by atoms with E-state index >= 15 is 0 Å². The molecular formula is C21H21N3O6S. The second kappa shape index (κ2) is 9.43. The summed E-state index contributed by atoms with van der Waals surface area (Å²) in [5.74, 6) is -1.50. The van der Waals surface area contributed by atoms with Gasteiger partial charge in [-0.1, -0.05) is 12.1 Å². The molecule has 2 N–H and O–H groups in total. The molecule has 0 radical (unpaired) electrons. The monoisotopic (exact) mass is 443 g/mol. The molecule has 0 spiro atoms. The summed E-state index contributed by atoms with van der Waals surface area (Å²) < 4.78 is 5.25. The van der Waals surface area contributed by atoms with Crippen LogP contribution in [0.1, 0.15) is 6.42 Å². The van der Waals surface area contributed by atoms with Crippen LogP contribution in [0.15, 0.2) is 48.7 Å². The Bertz CT molecular complexity index is 1050. The highest BCUT2D eigenvalue weighted by atomic mass is 32.1. The van der Waals surface area contributed by atoms with Crippen LogP contribution in [0, 0.1) is 0 Å². The predicted octanol–water partition coefficient (Wildman–Crippen LogP) is 2.34. The molecule has 0 saturated carbocycles. The zero-order valence-electron chi connectivity index (χ0n) is 16.9. The average molecular weight is 443 g/mol. The zero-order chi connectivity index (χ0) is 22.5. The summed E-state index contributed by atoms with van der Waals surface area (Å²) >= 11 is 1.23. The predicted molar refractivity (Wildman–Crippen MR) is 115 cm³/mol. The maximum Gasteiger partial charge on any atom is 0.323 e. The summed E-state index contributed by atoms with van der Waals surface area (Å²) in [6, 6.07) is 8.67. The number of thiophene rings is 1. The van der Waals surface area contributed by atoms with E-state index in [1.807, 2.05) is 24.3 Å². The number of ether oxygens (including phenoxy) is 1. The number of ketones is 1. The van der Waals surface area contributed by atoms with Crippen LogP contribution < -0.4 is 15.0 Å². The van der Waals surface area contributed by atoms with Crippen molar-refractivity contribution >= 4 is 40.0 Å². The number of amides is 3. The maximum absolute atomic E-state index is 12.9. The standard InChI is InChI=1S/C21H21N3O6S/c1-23-11-9-15(25)19(20(23)28)24(21(29)22-10-8-18(26)27)17-7-6-16(31-17)13-4-3-5-14(12-13)30-2/h3-7,9,11-12,19H,8,10H2,1-2H3,(H,22,29)(H,26,27). The molecule has 2 aromatic rings. The van der Waals surface area contributed by atoms with Gasteiger partial charge in [-0.2, -0.15) is 0 Å². The summed E-state index contributed by atoms with van der Waals surface area (Å²) in [5, 5.41) is 11.7. The van der Waals surface area contributed by atoms with Gasteiger partial charge in [-0.3, -0.25) is 19.3 Å². The SMILES string of the molecule is COc1cccc(-c2ccc(N(C(=O)NCCC(=O)O)C3C(=O)C=CN(C)C3=O)s2)c1. The normalized spacial score (nSPS) is 15.7. The van der Waals surface area contributed by atoms with Crippen LogP contribution in [-0.4, -0.2) is 60.4 Å². The molecule has 0 bridgehead atoms. The number of anilines is 1. The minimum absolute atomic E-state index is 0.139. The summed E-state index contributed by atoms with van der Waals surface area (Å²) in [4.78, 5) is 52.1. The van der Waals surface area contributed by atoms with Crippen molar-refractivity contribution in [2.24, 2.45) is 0 Å². The summed E-state index contributed by atoms with van der Waals surface area (Å²) in [6.45, 7) is -0.139. The Morgan fingerprint density at radius 1 is 1.26 bits per heavy atom. The maximum atomic E-state index is 12.9. The number of benzene rings is 1. The van der Waals surface area contributed by atoms with E-state index in [0.717, 1.165) is 15.3 Å². The molecular weight excluding hydrogens is 422 g/mol. The fourth-order valence-corrected chi connectivity index (χ4v) is 4.03. The second-order valence-electron chi connectivity index (χ2n) is 6.69. The third kappa shape index (κ3) is 4.92. The molecule has 1 aliphatic heterocycles. The number of likely N-dealkylation sites (N-methyl/N-ethyl adjacent to an activating group) is 1. The Kier molecular flexibility index (Phi) is 6.71. The number of rotatable bonds is 7. The van der Waals surface area contributed by atoms with Gasteiger partial charge in [0.25, 0.3) is 5.91 Å². The van der Waals surface area contributed by atoms with E-state index in [0.29, 0.717) is 10.8 Å². The van der Waals surface area contributed by atoms with Gasteiger partial charge in [0.15, 0.2) is 11.8 Å². The number of nitrogens with zero attached hydrogens (tertiary/aromatic N) is 2. The molecule has 3 amide bonds. The Morgan fingerprint density at radius 2 is 2.03 bits per heavy atom.